The number of rotatable bonds is 22. The second-order valence-corrected chi connectivity index (χ2v) is 8.87. The SMILES string of the molecule is C=C(C)C(=O)OCC[C](CCCCCCCCCC)CCCCCCCCCC. The van der Waals surface area contributed by atoms with Crippen LogP contribution in [0.3, 0.4) is 0 Å². The van der Waals surface area contributed by atoms with Gasteiger partial charge in [0.25, 0.3) is 0 Å². The van der Waals surface area contributed by atoms with Gasteiger partial charge in [0.1, 0.15) is 0 Å². The number of esters is 1. The van der Waals surface area contributed by atoms with E-state index in [-0.39, 0.29) is 5.97 Å². The highest BCUT2D eigenvalue weighted by atomic mass is 16.5. The molecular formula is C27H51O2. The quantitative estimate of drug-likeness (QED) is 0.102. The second kappa shape index (κ2) is 21.9. The molecule has 2 heteroatoms. The summed E-state index contributed by atoms with van der Waals surface area (Å²) in [6, 6.07) is 0. The third-order valence-electron chi connectivity index (χ3n) is 5.81. The summed E-state index contributed by atoms with van der Waals surface area (Å²) in [6.07, 6.45) is 25.2. The van der Waals surface area contributed by atoms with Crippen LogP contribution in [-0.4, -0.2) is 12.6 Å². The monoisotopic (exact) mass is 407 g/mol. The summed E-state index contributed by atoms with van der Waals surface area (Å²) < 4.78 is 5.34. The maximum absolute atomic E-state index is 11.6. The first-order valence-corrected chi connectivity index (χ1v) is 12.8. The average molecular weight is 408 g/mol. The lowest BCUT2D eigenvalue weighted by molar-refractivity contribution is -0.138. The topological polar surface area (TPSA) is 26.3 Å². The molecule has 0 heterocycles. The molecule has 0 bridgehead atoms. The molecule has 0 rings (SSSR count). The Balaban J connectivity index is 3.93. The highest BCUT2D eigenvalue weighted by Gasteiger charge is 2.11. The van der Waals surface area contributed by atoms with Gasteiger partial charge in [0.2, 0.25) is 0 Å². The molecule has 0 aliphatic rings. The lowest BCUT2D eigenvalue weighted by Gasteiger charge is -2.16. The van der Waals surface area contributed by atoms with Gasteiger partial charge in [0.05, 0.1) is 6.61 Å². The predicted molar refractivity (Wildman–Crippen MR) is 128 cm³/mol. The van der Waals surface area contributed by atoms with Crippen LogP contribution in [0.4, 0.5) is 0 Å². The zero-order valence-electron chi connectivity index (χ0n) is 20.2. The molecule has 0 aromatic rings. The lowest BCUT2D eigenvalue weighted by atomic mass is 9.91. The third-order valence-corrected chi connectivity index (χ3v) is 5.81. The van der Waals surface area contributed by atoms with Gasteiger partial charge in [-0.05, 0) is 32.1 Å². The summed E-state index contributed by atoms with van der Waals surface area (Å²) in [4.78, 5) is 11.6. The van der Waals surface area contributed by atoms with Gasteiger partial charge in [-0.25, -0.2) is 4.79 Å². The summed E-state index contributed by atoms with van der Waals surface area (Å²) >= 11 is 0. The smallest absolute Gasteiger partial charge is 0.333 e. The molecule has 0 spiro atoms. The van der Waals surface area contributed by atoms with Crippen LogP contribution < -0.4 is 0 Å². The first kappa shape index (κ1) is 28.2. The summed E-state index contributed by atoms with van der Waals surface area (Å²) in [6.45, 7) is 10.5. The van der Waals surface area contributed by atoms with E-state index in [0.717, 1.165) is 6.42 Å². The van der Waals surface area contributed by atoms with E-state index in [1.165, 1.54) is 116 Å². The van der Waals surface area contributed by atoms with Gasteiger partial charge in [0, 0.05) is 5.57 Å². The highest BCUT2D eigenvalue weighted by molar-refractivity contribution is 5.86. The molecule has 0 aromatic carbocycles. The van der Waals surface area contributed by atoms with Crippen LogP contribution >= 0.6 is 0 Å². The fourth-order valence-corrected chi connectivity index (χ4v) is 3.80. The molecule has 0 aliphatic carbocycles. The Bertz CT molecular complexity index is 355. The van der Waals surface area contributed by atoms with Crippen molar-refractivity contribution in [2.75, 3.05) is 6.61 Å². The Labute approximate surface area is 183 Å². The normalized spacial score (nSPS) is 11.2. The molecule has 29 heavy (non-hydrogen) atoms. The third kappa shape index (κ3) is 20.3. The van der Waals surface area contributed by atoms with E-state index in [0.29, 0.717) is 12.2 Å². The van der Waals surface area contributed by atoms with Crippen LogP contribution in [-0.2, 0) is 9.53 Å². The number of ether oxygens (including phenoxy) is 1. The van der Waals surface area contributed by atoms with Crippen LogP contribution in [0.25, 0.3) is 0 Å². The molecule has 0 unspecified atom stereocenters. The molecule has 0 saturated heterocycles. The molecule has 0 aromatic heterocycles. The van der Waals surface area contributed by atoms with Crippen molar-refractivity contribution >= 4 is 5.97 Å². The zero-order chi connectivity index (χ0) is 21.6. The maximum atomic E-state index is 11.6. The number of hydrogen-bond acceptors (Lipinski definition) is 2. The lowest BCUT2D eigenvalue weighted by Crippen LogP contribution is -2.10. The van der Waals surface area contributed by atoms with Gasteiger partial charge in [-0.2, -0.15) is 0 Å². The summed E-state index contributed by atoms with van der Waals surface area (Å²) in [5, 5.41) is 0. The first-order valence-electron chi connectivity index (χ1n) is 12.8. The van der Waals surface area contributed by atoms with Gasteiger partial charge in [-0.3, -0.25) is 0 Å². The van der Waals surface area contributed by atoms with Crippen molar-refractivity contribution in [3.05, 3.63) is 18.1 Å². The molecule has 171 valence electrons. The summed E-state index contributed by atoms with van der Waals surface area (Å²) in [7, 11) is 0. The Morgan fingerprint density at radius 1 is 0.621 bits per heavy atom. The minimum Gasteiger partial charge on any atom is -0.462 e. The molecule has 0 aliphatic heterocycles. The molecule has 0 saturated carbocycles. The van der Waals surface area contributed by atoms with Gasteiger partial charge in [-0.15, -0.1) is 0 Å². The maximum Gasteiger partial charge on any atom is 0.333 e. The minimum atomic E-state index is -0.247. The van der Waals surface area contributed by atoms with Crippen molar-refractivity contribution in [3.63, 3.8) is 0 Å². The molecule has 2 nitrogen and oxygen atoms in total. The number of carbonyl (C=O) groups is 1. The van der Waals surface area contributed by atoms with Crippen molar-refractivity contribution < 1.29 is 9.53 Å². The van der Waals surface area contributed by atoms with E-state index in [9.17, 15) is 4.79 Å². The Morgan fingerprint density at radius 2 is 1.00 bits per heavy atom. The summed E-state index contributed by atoms with van der Waals surface area (Å²) in [5.74, 6) is 1.36. The molecule has 0 atom stereocenters. The molecule has 0 N–H and O–H groups in total. The molecular weight excluding hydrogens is 356 g/mol. The van der Waals surface area contributed by atoms with Crippen LogP contribution in [0, 0.1) is 5.92 Å². The van der Waals surface area contributed by atoms with Crippen LogP contribution in [0.2, 0.25) is 0 Å². The van der Waals surface area contributed by atoms with E-state index in [4.69, 9.17) is 4.74 Å². The standard InChI is InChI=1S/C27H51O2/c1-5-7-9-11-13-15-17-19-21-26(23-24-29-27(28)25(3)4)22-20-18-16-14-12-10-8-6-2/h3,5-24H2,1-2,4H3. The molecule has 0 fully saturated rings. The molecule has 0 amide bonds. The number of hydrogen-bond donors (Lipinski definition) is 0. The fourth-order valence-electron chi connectivity index (χ4n) is 3.80. The van der Waals surface area contributed by atoms with E-state index in [2.05, 4.69) is 20.4 Å². The van der Waals surface area contributed by atoms with Crippen molar-refractivity contribution in [1.29, 1.82) is 0 Å². The largest absolute Gasteiger partial charge is 0.462 e. The Hall–Kier alpha value is -0.790. The average Bonchev–Trinajstić information content (AvgIpc) is 2.71. The van der Waals surface area contributed by atoms with E-state index < -0.39 is 0 Å². The predicted octanol–water partition coefficient (Wildman–Crippen LogP) is 9.13. The van der Waals surface area contributed by atoms with E-state index in [1.54, 1.807) is 12.8 Å². The second-order valence-electron chi connectivity index (χ2n) is 8.87. The van der Waals surface area contributed by atoms with Crippen LogP contribution in [0.15, 0.2) is 12.2 Å². The zero-order valence-corrected chi connectivity index (χ0v) is 20.2. The summed E-state index contributed by atoms with van der Waals surface area (Å²) in [5.41, 5.74) is 0.498. The Morgan fingerprint density at radius 3 is 1.38 bits per heavy atom. The van der Waals surface area contributed by atoms with Gasteiger partial charge in [-0.1, -0.05) is 123 Å². The molecule has 1 radical (unpaired) electrons. The van der Waals surface area contributed by atoms with E-state index >= 15 is 0 Å². The number of carbonyl (C=O) groups excluding carboxylic acids is 1. The van der Waals surface area contributed by atoms with Gasteiger partial charge < -0.3 is 4.74 Å². The van der Waals surface area contributed by atoms with Crippen molar-refractivity contribution in [1.82, 2.24) is 0 Å². The Kier molecular flexibility index (Phi) is 21.3. The first-order chi connectivity index (χ1) is 14.1. The van der Waals surface area contributed by atoms with Gasteiger partial charge in [0.15, 0.2) is 0 Å². The van der Waals surface area contributed by atoms with Crippen LogP contribution in [0.1, 0.15) is 143 Å². The van der Waals surface area contributed by atoms with Crippen molar-refractivity contribution in [2.45, 2.75) is 143 Å². The minimum absolute atomic E-state index is 0.247. The number of unbranched alkanes of at least 4 members (excludes halogenated alkanes) is 14. The van der Waals surface area contributed by atoms with Crippen LogP contribution in [0.5, 0.6) is 0 Å². The van der Waals surface area contributed by atoms with Crippen molar-refractivity contribution in [2.24, 2.45) is 0 Å². The van der Waals surface area contributed by atoms with Gasteiger partial charge >= 0.3 is 5.97 Å². The fraction of sp³-hybridized carbons (Fsp3) is 0.852. The van der Waals surface area contributed by atoms with Crippen molar-refractivity contribution in [3.8, 4) is 0 Å². The van der Waals surface area contributed by atoms with E-state index in [1.807, 2.05) is 0 Å². The highest BCUT2D eigenvalue weighted by Crippen LogP contribution is 2.24.